The number of esters is 1. The standard InChI is InChI=1S/C47H62N6O11S/c1-12-30-25(2)32-24-37-39(29(6)62-21-20-61-19-16-48-46(57)64-47(7,8)9)27(4)34(50-37)22-33-26(3)31(14-15-38(54)60-10)42(51-33)41-43-40(28(5)35(52-43)23-36(30)49-32)44(55)53(45(41)56)17-13-18-63-65(11,58)59/h22-24,26,29,31,51-52H,12-21H2,1-11H3,(H,48,57)/t26-,29?,31-/m0/s1. The normalized spacial score (nSPS) is 17.4. The number of hydrogen-bond donors (Lipinski definition) is 3. The number of aromatic amines is 2. The van der Waals surface area contributed by atoms with Crippen molar-refractivity contribution in [1.29, 1.82) is 0 Å². The Balaban J connectivity index is 1.47. The third kappa shape index (κ3) is 11.0. The van der Waals surface area contributed by atoms with Gasteiger partial charge in [0.25, 0.3) is 21.9 Å². The van der Waals surface area contributed by atoms with Gasteiger partial charge >= 0.3 is 12.1 Å². The number of nitrogens with zero attached hydrogens (tertiary/aromatic N) is 3. The van der Waals surface area contributed by atoms with Crippen LogP contribution < -0.4 is 5.32 Å². The van der Waals surface area contributed by atoms with E-state index < -0.39 is 51.6 Å². The molecule has 3 amide bonds. The lowest BCUT2D eigenvalue weighted by molar-refractivity contribution is -0.140. The molecule has 1 unspecified atom stereocenters. The van der Waals surface area contributed by atoms with Crippen molar-refractivity contribution in [3.63, 3.8) is 0 Å². The van der Waals surface area contributed by atoms with Gasteiger partial charge < -0.3 is 34.2 Å². The third-order valence-electron chi connectivity index (χ3n) is 12.0. The highest BCUT2D eigenvalue weighted by Crippen LogP contribution is 2.45. The number of hydrogen-bond acceptors (Lipinski definition) is 13. The molecule has 8 bridgehead atoms. The van der Waals surface area contributed by atoms with E-state index in [2.05, 4.69) is 22.2 Å². The van der Waals surface area contributed by atoms with E-state index in [9.17, 15) is 27.6 Å². The Morgan fingerprint density at radius 1 is 0.923 bits per heavy atom. The zero-order valence-corrected chi connectivity index (χ0v) is 40.1. The molecular weight excluding hydrogens is 857 g/mol. The van der Waals surface area contributed by atoms with Gasteiger partial charge in [0, 0.05) is 53.8 Å². The summed E-state index contributed by atoms with van der Waals surface area (Å²) < 4.78 is 50.9. The van der Waals surface area contributed by atoms with E-state index in [1.54, 1.807) is 20.8 Å². The van der Waals surface area contributed by atoms with Gasteiger partial charge in [-0.05, 0) is 108 Å². The molecular formula is C47H62N6O11S. The molecule has 0 aliphatic carbocycles. The van der Waals surface area contributed by atoms with Crippen LogP contribution in [0.1, 0.15) is 153 Å². The number of aryl methyl sites for hydroxylation is 1. The Hall–Kier alpha value is -5.43. The highest BCUT2D eigenvalue weighted by molar-refractivity contribution is 7.85. The molecule has 0 radical (unpaired) electrons. The molecule has 6 heterocycles. The number of allylic oxidation sites excluding steroid dienone is 3. The number of alkyl carbamates (subject to hydrolysis) is 1. The van der Waals surface area contributed by atoms with E-state index in [0.29, 0.717) is 57.8 Å². The number of carbonyl (C=O) groups excluding carboxylic acids is 4. The Labute approximate surface area is 380 Å². The number of ether oxygens (including phenoxy) is 4. The number of H-pyrrole nitrogens is 2. The van der Waals surface area contributed by atoms with Crippen LogP contribution in [0.25, 0.3) is 33.3 Å². The fourth-order valence-corrected chi connectivity index (χ4v) is 9.13. The van der Waals surface area contributed by atoms with Crippen molar-refractivity contribution in [2.24, 2.45) is 0 Å². The molecule has 18 heteroatoms. The Morgan fingerprint density at radius 3 is 2.29 bits per heavy atom. The summed E-state index contributed by atoms with van der Waals surface area (Å²) in [5.74, 6) is -2.12. The second kappa shape index (κ2) is 20.0. The quantitative estimate of drug-likeness (QED) is 0.0612. The van der Waals surface area contributed by atoms with Gasteiger partial charge in [0.15, 0.2) is 0 Å². The number of imide groups is 1. The lowest BCUT2D eigenvalue weighted by Gasteiger charge is -2.27. The Bertz CT molecular complexity index is 2620. The van der Waals surface area contributed by atoms with Crippen LogP contribution in [0.15, 0.2) is 18.2 Å². The van der Waals surface area contributed by atoms with Gasteiger partial charge in [-0.2, -0.15) is 8.42 Å². The van der Waals surface area contributed by atoms with Crippen molar-refractivity contribution >= 4 is 67.3 Å². The molecule has 65 heavy (non-hydrogen) atoms. The topological polar surface area (TPSA) is 221 Å². The van der Waals surface area contributed by atoms with Crippen LogP contribution in [0.4, 0.5) is 4.79 Å². The Kier molecular flexibility index (Phi) is 15.1. The highest BCUT2D eigenvalue weighted by atomic mass is 32.2. The first-order valence-electron chi connectivity index (χ1n) is 22.1. The lowest BCUT2D eigenvalue weighted by Crippen LogP contribution is -2.41. The maximum atomic E-state index is 14.8. The summed E-state index contributed by atoms with van der Waals surface area (Å²) in [6.07, 6.45) is 1.17. The van der Waals surface area contributed by atoms with Gasteiger partial charge in [-0.1, -0.05) is 13.8 Å². The van der Waals surface area contributed by atoms with Gasteiger partial charge in [0.05, 0.1) is 85.3 Å². The van der Waals surface area contributed by atoms with Crippen LogP contribution in [0.3, 0.4) is 0 Å². The van der Waals surface area contributed by atoms with Crippen LogP contribution in [0.5, 0.6) is 0 Å². The van der Waals surface area contributed by atoms with E-state index >= 15 is 0 Å². The molecule has 2 aromatic rings. The average Bonchev–Trinajstić information content (AvgIpc) is 3.91. The molecule has 6 rings (SSSR count). The fourth-order valence-electron chi connectivity index (χ4n) is 8.71. The molecule has 3 N–H and O–H groups in total. The number of aromatic nitrogens is 4. The predicted molar refractivity (Wildman–Crippen MR) is 246 cm³/mol. The smallest absolute Gasteiger partial charge is 0.407 e. The minimum atomic E-state index is -3.75. The van der Waals surface area contributed by atoms with E-state index in [4.69, 9.17) is 33.1 Å². The summed E-state index contributed by atoms with van der Waals surface area (Å²) in [6.45, 7) is 18.1. The van der Waals surface area contributed by atoms with Gasteiger partial charge in [-0.3, -0.25) is 23.5 Å². The van der Waals surface area contributed by atoms with Crippen molar-refractivity contribution in [3.05, 3.63) is 69.1 Å². The number of amides is 3. The second-order valence-electron chi connectivity index (χ2n) is 17.7. The van der Waals surface area contributed by atoms with Crippen LogP contribution >= 0.6 is 0 Å². The molecule has 0 saturated heterocycles. The van der Waals surface area contributed by atoms with E-state index in [1.807, 2.05) is 52.8 Å². The van der Waals surface area contributed by atoms with Crippen molar-refractivity contribution in [2.45, 2.75) is 112 Å². The molecule has 0 fully saturated rings. The first-order valence-corrected chi connectivity index (χ1v) is 23.9. The summed E-state index contributed by atoms with van der Waals surface area (Å²) in [5, 5.41) is 2.68. The summed E-state index contributed by atoms with van der Waals surface area (Å²) in [5.41, 5.74) is 9.36. The molecule has 0 spiro atoms. The van der Waals surface area contributed by atoms with E-state index in [1.165, 1.54) is 7.11 Å². The summed E-state index contributed by atoms with van der Waals surface area (Å²) in [4.78, 5) is 72.3. The molecule has 0 saturated carbocycles. The van der Waals surface area contributed by atoms with Crippen LogP contribution in [0, 0.1) is 6.92 Å². The first-order chi connectivity index (χ1) is 30.6. The average molecular weight is 919 g/mol. The SMILES string of the molecule is CCC1=C(C)c2cc3nc(cc4[nH]c(c5c6[nH]c(cc1n2)c(C)c6C(=O)N(CCCOS(C)(=O)=O)C5=O)[C@@H](CCC(=O)OC)[C@@H]4C)C(C)=C3C(C)OCCOCCNC(=O)OC(C)(C)C. The molecule has 0 aromatic carbocycles. The van der Waals surface area contributed by atoms with Crippen molar-refractivity contribution < 1.29 is 50.7 Å². The van der Waals surface area contributed by atoms with Gasteiger partial charge in [-0.15, -0.1) is 0 Å². The fraction of sp³-hybridized carbons (Fsp3) is 0.532. The number of nitrogens with one attached hydrogen (secondary N) is 3. The maximum absolute atomic E-state index is 14.8. The van der Waals surface area contributed by atoms with Gasteiger partial charge in [0.1, 0.15) is 5.60 Å². The van der Waals surface area contributed by atoms with E-state index in [-0.39, 0.29) is 63.8 Å². The monoisotopic (exact) mass is 918 g/mol. The van der Waals surface area contributed by atoms with Crippen molar-refractivity contribution in [2.75, 3.05) is 52.9 Å². The number of rotatable bonds is 17. The van der Waals surface area contributed by atoms with Gasteiger partial charge in [-0.25, -0.2) is 14.8 Å². The minimum absolute atomic E-state index is 0.0756. The van der Waals surface area contributed by atoms with Crippen LogP contribution in [-0.2, 0) is 38.0 Å². The van der Waals surface area contributed by atoms with E-state index in [0.717, 1.165) is 44.8 Å². The molecule has 4 aliphatic heterocycles. The highest BCUT2D eigenvalue weighted by Gasteiger charge is 2.40. The van der Waals surface area contributed by atoms with Crippen molar-refractivity contribution in [3.8, 4) is 0 Å². The second-order valence-corrected chi connectivity index (χ2v) is 19.3. The molecule has 3 atom stereocenters. The molecule has 17 nitrogen and oxygen atoms in total. The number of methoxy groups -OCH3 is 1. The zero-order chi connectivity index (χ0) is 47.5. The van der Waals surface area contributed by atoms with Crippen molar-refractivity contribution in [1.82, 2.24) is 30.2 Å². The minimum Gasteiger partial charge on any atom is -0.469 e. The predicted octanol–water partition coefficient (Wildman–Crippen LogP) is 7.37. The van der Waals surface area contributed by atoms with Crippen LogP contribution in [-0.4, -0.2) is 122 Å². The first kappa shape index (κ1) is 49.0. The number of fused-ring (bicyclic) bond motifs is 8. The third-order valence-corrected chi connectivity index (χ3v) is 12.6. The maximum Gasteiger partial charge on any atom is 0.407 e. The summed E-state index contributed by atoms with van der Waals surface area (Å²) >= 11 is 0. The Morgan fingerprint density at radius 2 is 1.62 bits per heavy atom. The number of carbonyl (C=O) groups is 4. The lowest BCUT2D eigenvalue weighted by atomic mass is 9.84. The zero-order valence-electron chi connectivity index (χ0n) is 39.3. The van der Waals surface area contributed by atoms with Gasteiger partial charge in [0.2, 0.25) is 0 Å². The molecule has 2 aromatic heterocycles. The van der Waals surface area contributed by atoms with Crippen LogP contribution in [0.2, 0.25) is 0 Å². The summed E-state index contributed by atoms with van der Waals surface area (Å²) in [7, 11) is -2.41. The molecule has 352 valence electrons. The summed E-state index contributed by atoms with van der Waals surface area (Å²) in [6, 6.07) is 5.85. The molecule has 4 aliphatic rings. The largest absolute Gasteiger partial charge is 0.469 e.